The van der Waals surface area contributed by atoms with Crippen LogP contribution in [0, 0.1) is 5.92 Å². The van der Waals surface area contributed by atoms with Crippen molar-refractivity contribution in [2.24, 2.45) is 5.92 Å². The van der Waals surface area contributed by atoms with Crippen molar-refractivity contribution in [3.05, 3.63) is 0 Å². The van der Waals surface area contributed by atoms with Crippen LogP contribution in [-0.4, -0.2) is 37.4 Å². The third-order valence-corrected chi connectivity index (χ3v) is 2.15. The van der Waals surface area contributed by atoms with Crippen molar-refractivity contribution in [2.45, 2.75) is 32.7 Å². The third kappa shape index (κ3) is 5.94. The van der Waals surface area contributed by atoms with Crippen molar-refractivity contribution in [1.82, 2.24) is 5.32 Å². The molecule has 0 saturated carbocycles. The fourth-order valence-electron chi connectivity index (χ4n) is 1.08. The highest BCUT2D eigenvalue weighted by molar-refractivity contribution is 5.78. The first kappa shape index (κ1) is 13.4. The largest absolute Gasteiger partial charge is 0.396 e. The standard InChI is InChI=1S/C10H21NO3/c1-8(5-7-14-3)10(13)11-9(2)4-6-12/h8-9,12H,4-7H2,1-3H3,(H,11,13). The zero-order valence-corrected chi connectivity index (χ0v) is 9.25. The number of methoxy groups -OCH3 is 1. The molecule has 2 N–H and O–H groups in total. The van der Waals surface area contributed by atoms with Gasteiger partial charge in [0.25, 0.3) is 0 Å². The first-order chi connectivity index (χ1) is 6.61. The Bertz CT molecular complexity index is 161. The zero-order valence-electron chi connectivity index (χ0n) is 9.25. The van der Waals surface area contributed by atoms with E-state index in [0.717, 1.165) is 6.42 Å². The maximum Gasteiger partial charge on any atom is 0.223 e. The van der Waals surface area contributed by atoms with E-state index in [1.807, 2.05) is 13.8 Å². The second-order valence-corrected chi connectivity index (χ2v) is 3.60. The highest BCUT2D eigenvalue weighted by Crippen LogP contribution is 2.02. The summed E-state index contributed by atoms with van der Waals surface area (Å²) in [5.74, 6) is -0.000840. The van der Waals surface area contributed by atoms with E-state index in [9.17, 15) is 4.79 Å². The number of amides is 1. The first-order valence-electron chi connectivity index (χ1n) is 5.02. The van der Waals surface area contributed by atoms with Gasteiger partial charge in [-0.1, -0.05) is 6.92 Å². The highest BCUT2D eigenvalue weighted by atomic mass is 16.5. The minimum absolute atomic E-state index is 0.0306. The zero-order chi connectivity index (χ0) is 11.0. The van der Waals surface area contributed by atoms with E-state index in [1.54, 1.807) is 7.11 Å². The van der Waals surface area contributed by atoms with Gasteiger partial charge in [-0.2, -0.15) is 0 Å². The number of carbonyl (C=O) groups excluding carboxylic acids is 1. The van der Waals surface area contributed by atoms with Gasteiger partial charge in [0.1, 0.15) is 0 Å². The first-order valence-corrected chi connectivity index (χ1v) is 5.02. The maximum absolute atomic E-state index is 11.5. The van der Waals surface area contributed by atoms with Crippen molar-refractivity contribution in [1.29, 1.82) is 0 Å². The quantitative estimate of drug-likeness (QED) is 0.635. The Hall–Kier alpha value is -0.610. The molecule has 0 aromatic carbocycles. The van der Waals surface area contributed by atoms with E-state index in [0.29, 0.717) is 13.0 Å². The molecule has 0 radical (unpaired) electrons. The Morgan fingerprint density at radius 2 is 2.07 bits per heavy atom. The van der Waals surface area contributed by atoms with Crippen LogP contribution in [-0.2, 0) is 9.53 Å². The van der Waals surface area contributed by atoms with Gasteiger partial charge in [0.05, 0.1) is 0 Å². The summed E-state index contributed by atoms with van der Waals surface area (Å²) < 4.78 is 4.90. The molecule has 0 bridgehead atoms. The number of hydrogen-bond donors (Lipinski definition) is 2. The lowest BCUT2D eigenvalue weighted by molar-refractivity contribution is -0.125. The van der Waals surface area contributed by atoms with Gasteiger partial charge < -0.3 is 15.2 Å². The topological polar surface area (TPSA) is 58.6 Å². The monoisotopic (exact) mass is 203 g/mol. The molecular weight excluding hydrogens is 182 g/mol. The minimum Gasteiger partial charge on any atom is -0.396 e. The molecule has 0 aromatic rings. The molecule has 4 nitrogen and oxygen atoms in total. The fourth-order valence-corrected chi connectivity index (χ4v) is 1.08. The summed E-state index contributed by atoms with van der Waals surface area (Å²) in [7, 11) is 1.62. The lowest BCUT2D eigenvalue weighted by Crippen LogP contribution is -2.37. The molecule has 0 aliphatic carbocycles. The molecule has 0 rings (SSSR count). The Balaban J connectivity index is 3.71. The van der Waals surface area contributed by atoms with Crippen molar-refractivity contribution >= 4 is 5.91 Å². The molecule has 4 heteroatoms. The van der Waals surface area contributed by atoms with Gasteiger partial charge in [-0.25, -0.2) is 0 Å². The Morgan fingerprint density at radius 1 is 1.43 bits per heavy atom. The number of aliphatic hydroxyl groups excluding tert-OH is 1. The van der Waals surface area contributed by atoms with Crippen LogP contribution >= 0.6 is 0 Å². The summed E-state index contributed by atoms with van der Waals surface area (Å²) in [6.45, 7) is 4.47. The normalized spacial score (nSPS) is 14.9. The number of ether oxygens (including phenoxy) is 1. The maximum atomic E-state index is 11.5. The second-order valence-electron chi connectivity index (χ2n) is 3.60. The van der Waals surface area contributed by atoms with E-state index in [4.69, 9.17) is 9.84 Å². The molecule has 0 aromatic heterocycles. The van der Waals surface area contributed by atoms with Crippen LogP contribution in [0.5, 0.6) is 0 Å². The molecule has 0 saturated heterocycles. The lowest BCUT2D eigenvalue weighted by Gasteiger charge is -2.16. The van der Waals surface area contributed by atoms with Crippen molar-refractivity contribution in [3.8, 4) is 0 Å². The van der Waals surface area contributed by atoms with Gasteiger partial charge in [-0.15, -0.1) is 0 Å². The average Bonchev–Trinajstić information content (AvgIpc) is 2.14. The van der Waals surface area contributed by atoms with Gasteiger partial charge in [0.2, 0.25) is 5.91 Å². The minimum atomic E-state index is -0.0314. The molecule has 1 amide bonds. The Morgan fingerprint density at radius 3 is 2.57 bits per heavy atom. The van der Waals surface area contributed by atoms with Crippen LogP contribution in [0.25, 0.3) is 0 Å². The average molecular weight is 203 g/mol. The number of carbonyl (C=O) groups is 1. The number of rotatable bonds is 7. The van der Waals surface area contributed by atoms with E-state index < -0.39 is 0 Å². The molecule has 2 atom stereocenters. The number of aliphatic hydroxyl groups is 1. The lowest BCUT2D eigenvalue weighted by atomic mass is 10.1. The third-order valence-electron chi connectivity index (χ3n) is 2.15. The van der Waals surface area contributed by atoms with Crippen molar-refractivity contribution in [3.63, 3.8) is 0 Å². The van der Waals surface area contributed by atoms with E-state index in [-0.39, 0.29) is 24.5 Å². The van der Waals surface area contributed by atoms with E-state index >= 15 is 0 Å². The summed E-state index contributed by atoms with van der Waals surface area (Å²) >= 11 is 0. The van der Waals surface area contributed by atoms with Crippen molar-refractivity contribution in [2.75, 3.05) is 20.3 Å². The number of nitrogens with one attached hydrogen (secondary N) is 1. The Kier molecular flexibility index (Phi) is 7.42. The smallest absolute Gasteiger partial charge is 0.223 e. The molecule has 0 aliphatic heterocycles. The van der Waals surface area contributed by atoms with Gasteiger partial charge in [0.15, 0.2) is 0 Å². The molecule has 14 heavy (non-hydrogen) atoms. The summed E-state index contributed by atoms with van der Waals surface area (Å²) in [5, 5.41) is 11.5. The second kappa shape index (κ2) is 7.76. The van der Waals surface area contributed by atoms with Crippen LogP contribution in [0.3, 0.4) is 0 Å². The van der Waals surface area contributed by atoms with Gasteiger partial charge in [-0.05, 0) is 19.8 Å². The Labute approximate surface area is 85.6 Å². The van der Waals surface area contributed by atoms with Gasteiger partial charge in [-0.3, -0.25) is 4.79 Å². The molecule has 84 valence electrons. The van der Waals surface area contributed by atoms with Gasteiger partial charge in [0, 0.05) is 32.3 Å². The summed E-state index contributed by atoms with van der Waals surface area (Å²) in [4.78, 5) is 11.5. The van der Waals surface area contributed by atoms with E-state index in [2.05, 4.69) is 5.32 Å². The summed E-state index contributed by atoms with van der Waals surface area (Å²) in [6, 6.07) is 0.0393. The van der Waals surface area contributed by atoms with E-state index in [1.165, 1.54) is 0 Å². The van der Waals surface area contributed by atoms with Crippen LogP contribution in [0.4, 0.5) is 0 Å². The molecule has 0 spiro atoms. The highest BCUT2D eigenvalue weighted by Gasteiger charge is 2.14. The van der Waals surface area contributed by atoms with Crippen LogP contribution < -0.4 is 5.32 Å². The molecule has 2 unspecified atom stereocenters. The summed E-state index contributed by atoms with van der Waals surface area (Å²) in [6.07, 6.45) is 1.33. The molecule has 0 heterocycles. The molecular formula is C10H21NO3. The summed E-state index contributed by atoms with van der Waals surface area (Å²) in [5.41, 5.74) is 0. The molecule has 0 fully saturated rings. The van der Waals surface area contributed by atoms with Crippen LogP contribution in [0.1, 0.15) is 26.7 Å². The van der Waals surface area contributed by atoms with Gasteiger partial charge >= 0.3 is 0 Å². The SMILES string of the molecule is COCCC(C)C(=O)NC(C)CCO. The predicted molar refractivity (Wildman–Crippen MR) is 55.0 cm³/mol. The number of hydrogen-bond acceptors (Lipinski definition) is 3. The van der Waals surface area contributed by atoms with Crippen molar-refractivity contribution < 1.29 is 14.6 Å². The molecule has 0 aliphatic rings. The predicted octanol–water partition coefficient (Wildman–Crippen LogP) is 0.546. The fraction of sp³-hybridized carbons (Fsp3) is 0.900. The van der Waals surface area contributed by atoms with Crippen LogP contribution in [0.15, 0.2) is 0 Å². The van der Waals surface area contributed by atoms with Crippen LogP contribution in [0.2, 0.25) is 0 Å².